The van der Waals surface area contributed by atoms with Crippen molar-refractivity contribution >= 4 is 22.6 Å². The highest BCUT2D eigenvalue weighted by Gasteiger charge is 2.38. The third-order valence-corrected chi connectivity index (χ3v) is 9.33. The number of alkyl halides is 3. The Morgan fingerprint density at radius 2 is 1.59 bits per heavy atom. The molecule has 0 N–H and O–H groups in total. The average molecular weight is 563 g/mol. The molecule has 10 heteroatoms. The van der Waals surface area contributed by atoms with E-state index in [9.17, 15) is 27.0 Å². The van der Waals surface area contributed by atoms with Crippen molar-refractivity contribution in [1.82, 2.24) is 9.80 Å². The molecule has 2 aromatic carbocycles. The lowest BCUT2D eigenvalue weighted by molar-refractivity contribution is -0.274. The summed E-state index contributed by atoms with van der Waals surface area (Å²) in [4.78, 5) is 29.5. The first-order valence-electron chi connectivity index (χ1n) is 13.6. The molecule has 210 valence electrons. The second-order valence-electron chi connectivity index (χ2n) is 10.6. The zero-order valence-electron chi connectivity index (χ0n) is 21.8. The van der Waals surface area contributed by atoms with Gasteiger partial charge in [-0.3, -0.25) is 13.8 Å². The molecule has 0 spiro atoms. The molecule has 1 atom stereocenters. The van der Waals surface area contributed by atoms with Gasteiger partial charge in [0.05, 0.1) is 0 Å². The summed E-state index contributed by atoms with van der Waals surface area (Å²) in [6.45, 7) is 1.53. The molecule has 5 rings (SSSR count). The summed E-state index contributed by atoms with van der Waals surface area (Å²) in [5.74, 6) is 0.144. The minimum Gasteiger partial charge on any atom is -0.405 e. The van der Waals surface area contributed by atoms with Crippen LogP contribution in [0.15, 0.2) is 42.5 Å². The van der Waals surface area contributed by atoms with Gasteiger partial charge in [-0.05, 0) is 60.6 Å². The van der Waals surface area contributed by atoms with E-state index < -0.39 is 17.2 Å². The highest BCUT2D eigenvalue weighted by atomic mass is 32.2. The second-order valence-corrected chi connectivity index (χ2v) is 12.3. The van der Waals surface area contributed by atoms with Crippen molar-refractivity contribution in [3.8, 4) is 16.9 Å². The van der Waals surface area contributed by atoms with Crippen LogP contribution in [0.1, 0.15) is 54.4 Å². The van der Waals surface area contributed by atoms with E-state index in [1.807, 2.05) is 4.90 Å². The van der Waals surface area contributed by atoms with E-state index in [-0.39, 0.29) is 35.9 Å². The van der Waals surface area contributed by atoms with Gasteiger partial charge in [0.25, 0.3) is 5.91 Å². The van der Waals surface area contributed by atoms with E-state index in [0.29, 0.717) is 59.8 Å². The maximum Gasteiger partial charge on any atom is 0.573 e. The van der Waals surface area contributed by atoms with Crippen molar-refractivity contribution in [3.63, 3.8) is 0 Å². The van der Waals surface area contributed by atoms with E-state index in [0.717, 1.165) is 25.7 Å². The number of hydrogen-bond acceptors (Lipinski definition) is 4. The number of amides is 2. The normalized spacial score (nSPS) is 21.4. The summed E-state index contributed by atoms with van der Waals surface area (Å²) in [5, 5.41) is 0. The van der Waals surface area contributed by atoms with E-state index in [1.54, 1.807) is 41.3 Å². The largest absolute Gasteiger partial charge is 0.573 e. The van der Waals surface area contributed by atoms with Gasteiger partial charge in [-0.25, -0.2) is 0 Å². The van der Waals surface area contributed by atoms with E-state index in [2.05, 4.69) is 4.74 Å². The van der Waals surface area contributed by atoms with Crippen LogP contribution < -0.4 is 4.74 Å². The molecule has 2 saturated heterocycles. The first-order valence-corrected chi connectivity index (χ1v) is 15.1. The smallest absolute Gasteiger partial charge is 0.405 e. The van der Waals surface area contributed by atoms with Crippen LogP contribution in [0.4, 0.5) is 13.2 Å². The fraction of sp³-hybridized carbons (Fsp3) is 0.517. The molecular formula is C29H33F3N2O4S. The Bertz CT molecular complexity index is 1220. The summed E-state index contributed by atoms with van der Waals surface area (Å²) in [6.07, 6.45) is 1.37. The van der Waals surface area contributed by atoms with Crippen molar-refractivity contribution in [2.24, 2.45) is 5.92 Å². The van der Waals surface area contributed by atoms with Crippen LogP contribution in [-0.4, -0.2) is 69.4 Å². The first kappa shape index (κ1) is 27.7. The molecule has 0 radical (unpaired) electrons. The van der Waals surface area contributed by atoms with Crippen LogP contribution >= 0.6 is 0 Å². The fourth-order valence-electron chi connectivity index (χ4n) is 5.92. The average Bonchev–Trinajstić information content (AvgIpc) is 3.29. The molecule has 6 nitrogen and oxygen atoms in total. The summed E-state index contributed by atoms with van der Waals surface area (Å²) < 4.78 is 56.0. The molecule has 2 aromatic rings. The van der Waals surface area contributed by atoms with Crippen LogP contribution in [0.25, 0.3) is 11.1 Å². The molecule has 1 aliphatic carbocycles. The summed E-state index contributed by atoms with van der Waals surface area (Å²) in [7, 11) is -0.888. The van der Waals surface area contributed by atoms with Gasteiger partial charge in [0, 0.05) is 59.5 Å². The van der Waals surface area contributed by atoms with Crippen molar-refractivity contribution in [2.75, 3.05) is 31.1 Å². The number of carbonyl (C=O) groups is 2. The lowest BCUT2D eigenvalue weighted by Gasteiger charge is -2.31. The Kier molecular flexibility index (Phi) is 8.30. The number of nitrogens with zero attached hydrogens (tertiary/aromatic N) is 2. The predicted octanol–water partition coefficient (Wildman–Crippen LogP) is 5.18. The van der Waals surface area contributed by atoms with Crippen molar-refractivity contribution in [2.45, 2.75) is 57.3 Å². The Morgan fingerprint density at radius 3 is 2.26 bits per heavy atom. The van der Waals surface area contributed by atoms with Crippen molar-refractivity contribution in [1.29, 1.82) is 0 Å². The van der Waals surface area contributed by atoms with Crippen molar-refractivity contribution in [3.05, 3.63) is 53.6 Å². The molecule has 0 bridgehead atoms. The molecule has 3 fully saturated rings. The number of rotatable bonds is 6. The highest BCUT2D eigenvalue weighted by Crippen LogP contribution is 2.36. The molecule has 2 amide bonds. The van der Waals surface area contributed by atoms with E-state index in [4.69, 9.17) is 0 Å². The lowest BCUT2D eigenvalue weighted by Crippen LogP contribution is -2.41. The topological polar surface area (TPSA) is 66.9 Å². The van der Waals surface area contributed by atoms with Crippen molar-refractivity contribution < 1.29 is 31.7 Å². The molecule has 39 heavy (non-hydrogen) atoms. The predicted molar refractivity (Wildman–Crippen MR) is 143 cm³/mol. The van der Waals surface area contributed by atoms with Crippen LogP contribution in [0.2, 0.25) is 0 Å². The van der Waals surface area contributed by atoms with Crippen LogP contribution in [0, 0.1) is 5.92 Å². The minimum atomic E-state index is -4.87. The maximum absolute atomic E-state index is 13.3. The first-order chi connectivity index (χ1) is 18.7. The number of carbonyl (C=O) groups excluding carboxylic acids is 2. The van der Waals surface area contributed by atoms with Gasteiger partial charge in [-0.1, -0.05) is 43.5 Å². The van der Waals surface area contributed by atoms with Gasteiger partial charge in [0.2, 0.25) is 5.91 Å². The summed E-state index contributed by atoms with van der Waals surface area (Å²) in [5.41, 5.74) is 1.99. The number of likely N-dealkylation sites (tertiary alicyclic amines) is 1. The Morgan fingerprint density at radius 1 is 0.923 bits per heavy atom. The van der Waals surface area contributed by atoms with Crippen LogP contribution in [0.3, 0.4) is 0 Å². The minimum absolute atomic E-state index is 0.0316. The molecule has 1 unspecified atom stereocenters. The van der Waals surface area contributed by atoms with Gasteiger partial charge in [0.15, 0.2) is 0 Å². The van der Waals surface area contributed by atoms with Gasteiger partial charge in [0.1, 0.15) is 5.75 Å². The zero-order valence-corrected chi connectivity index (χ0v) is 22.6. The van der Waals surface area contributed by atoms with Crippen LogP contribution in [0.5, 0.6) is 5.75 Å². The van der Waals surface area contributed by atoms with Gasteiger partial charge < -0.3 is 14.5 Å². The Hall–Kier alpha value is -2.88. The summed E-state index contributed by atoms with van der Waals surface area (Å²) in [6, 6.07) is 11.6. The summed E-state index contributed by atoms with van der Waals surface area (Å²) >= 11 is 0. The van der Waals surface area contributed by atoms with E-state index >= 15 is 0 Å². The maximum atomic E-state index is 13.3. The molecule has 0 aromatic heterocycles. The SMILES string of the molecule is O=C(c1ccc(-c2ccc(CC3CCN(C4CCCCC4)C3=O)c(OC(F)(F)F)c2)cc1)N1CCS(=O)CC1. The second kappa shape index (κ2) is 11.7. The quantitative estimate of drug-likeness (QED) is 0.487. The molecule has 1 saturated carbocycles. The number of benzene rings is 2. The molecular weight excluding hydrogens is 529 g/mol. The number of ether oxygens (including phenoxy) is 1. The lowest BCUT2D eigenvalue weighted by atomic mass is 9.93. The zero-order chi connectivity index (χ0) is 27.6. The van der Waals surface area contributed by atoms with Crippen LogP contribution in [-0.2, 0) is 22.0 Å². The Balaban J connectivity index is 1.32. The van der Waals surface area contributed by atoms with Gasteiger partial charge in [-0.2, -0.15) is 0 Å². The fourth-order valence-corrected chi connectivity index (χ4v) is 6.98. The third-order valence-electron chi connectivity index (χ3n) is 8.06. The Labute approximate surface area is 229 Å². The third kappa shape index (κ3) is 6.65. The standard InChI is InChI=1S/C29H33F3N2O4S/c30-29(31,32)38-26-19-22(20-6-8-21(9-7-20)27(35)33-14-16-39(37)17-15-33)10-11-23(26)18-24-12-13-34(28(24)36)25-4-2-1-3-5-25/h6-11,19,24-25H,1-5,12-18H2. The van der Waals surface area contributed by atoms with Gasteiger partial charge >= 0.3 is 6.36 Å². The highest BCUT2D eigenvalue weighted by molar-refractivity contribution is 7.85. The monoisotopic (exact) mass is 562 g/mol. The molecule has 2 heterocycles. The number of halogens is 3. The molecule has 3 aliphatic rings. The van der Waals surface area contributed by atoms with E-state index in [1.165, 1.54) is 12.5 Å². The number of hydrogen-bond donors (Lipinski definition) is 0. The molecule has 2 aliphatic heterocycles. The van der Waals surface area contributed by atoms with Gasteiger partial charge in [-0.15, -0.1) is 13.2 Å².